The summed E-state index contributed by atoms with van der Waals surface area (Å²) in [6.45, 7) is 9.23. The average Bonchev–Trinajstić information content (AvgIpc) is 2.63. The zero-order valence-electron chi connectivity index (χ0n) is 16.0. The van der Waals surface area contributed by atoms with E-state index in [1.807, 2.05) is 25.1 Å². The average molecular weight is 348 g/mol. The molecular weight excluding hydrogens is 316 g/mol. The largest absolute Gasteiger partial charge is 0.493 e. The van der Waals surface area contributed by atoms with Crippen LogP contribution in [0, 0.1) is 5.92 Å². The Balaban J connectivity index is 1.83. The molecule has 140 valence electrons. The third-order valence-electron chi connectivity index (χ3n) is 4.55. The highest BCUT2D eigenvalue weighted by molar-refractivity contribution is 5.93. The van der Waals surface area contributed by atoms with Gasteiger partial charge in [-0.25, -0.2) is 0 Å². The van der Waals surface area contributed by atoms with Crippen molar-refractivity contribution in [1.29, 1.82) is 0 Å². The van der Waals surface area contributed by atoms with Crippen LogP contribution in [0.15, 0.2) is 23.2 Å². The monoisotopic (exact) mass is 348 g/mol. The lowest BCUT2D eigenvalue weighted by molar-refractivity contribution is 0.195. The van der Waals surface area contributed by atoms with Crippen molar-refractivity contribution in [2.45, 2.75) is 26.7 Å². The van der Waals surface area contributed by atoms with E-state index in [2.05, 4.69) is 27.4 Å². The van der Waals surface area contributed by atoms with Gasteiger partial charge in [0.05, 0.1) is 13.7 Å². The Morgan fingerprint density at radius 1 is 1.28 bits per heavy atom. The van der Waals surface area contributed by atoms with Gasteiger partial charge in [0.2, 0.25) is 0 Å². The quantitative estimate of drug-likeness (QED) is 0.586. The van der Waals surface area contributed by atoms with Gasteiger partial charge in [0.15, 0.2) is 17.5 Å². The lowest BCUT2D eigenvalue weighted by atomic mass is 9.99. The van der Waals surface area contributed by atoms with Crippen molar-refractivity contribution < 1.29 is 9.47 Å². The second-order valence-electron chi connectivity index (χ2n) is 6.45. The van der Waals surface area contributed by atoms with Crippen LogP contribution >= 0.6 is 0 Å². The molecule has 2 N–H and O–H groups in total. The molecule has 0 saturated carbocycles. The third-order valence-corrected chi connectivity index (χ3v) is 4.55. The Labute approximate surface area is 151 Å². The first-order valence-electron chi connectivity index (χ1n) is 9.17. The SMILES string of the molecule is CCOc1ccc(NC(=NC)NCCN2CCC(C)CC2)cc1OC. The van der Waals surface area contributed by atoms with Gasteiger partial charge in [-0.15, -0.1) is 0 Å². The first-order valence-corrected chi connectivity index (χ1v) is 9.17. The van der Waals surface area contributed by atoms with E-state index in [9.17, 15) is 0 Å². The molecule has 2 rings (SSSR count). The molecule has 0 unspecified atom stereocenters. The maximum atomic E-state index is 5.55. The fourth-order valence-corrected chi connectivity index (χ4v) is 2.95. The van der Waals surface area contributed by atoms with Gasteiger partial charge in [0.1, 0.15) is 0 Å². The van der Waals surface area contributed by atoms with Crippen molar-refractivity contribution in [2.24, 2.45) is 10.9 Å². The number of methoxy groups -OCH3 is 1. The summed E-state index contributed by atoms with van der Waals surface area (Å²) in [4.78, 5) is 6.81. The van der Waals surface area contributed by atoms with Crippen molar-refractivity contribution >= 4 is 11.6 Å². The lowest BCUT2D eigenvalue weighted by Crippen LogP contribution is -2.40. The Bertz CT molecular complexity index is 554. The number of likely N-dealkylation sites (tertiary alicyclic amines) is 1. The molecule has 0 aromatic heterocycles. The van der Waals surface area contributed by atoms with Crippen LogP contribution < -0.4 is 20.1 Å². The van der Waals surface area contributed by atoms with Crippen LogP contribution in [0.3, 0.4) is 0 Å². The Hall–Kier alpha value is -1.95. The number of benzene rings is 1. The number of anilines is 1. The van der Waals surface area contributed by atoms with Crippen LogP contribution in [0.25, 0.3) is 0 Å². The predicted octanol–water partition coefficient (Wildman–Crippen LogP) is 2.81. The van der Waals surface area contributed by atoms with Crippen LogP contribution in [0.4, 0.5) is 5.69 Å². The molecule has 25 heavy (non-hydrogen) atoms. The fourth-order valence-electron chi connectivity index (χ4n) is 2.95. The van der Waals surface area contributed by atoms with Gasteiger partial charge in [-0.2, -0.15) is 0 Å². The molecule has 6 nitrogen and oxygen atoms in total. The normalized spacial score (nSPS) is 16.6. The summed E-state index contributed by atoms with van der Waals surface area (Å²) in [6.07, 6.45) is 2.61. The van der Waals surface area contributed by atoms with E-state index in [0.29, 0.717) is 12.4 Å². The topological polar surface area (TPSA) is 58.1 Å². The second-order valence-corrected chi connectivity index (χ2v) is 6.45. The number of hydrogen-bond acceptors (Lipinski definition) is 4. The summed E-state index contributed by atoms with van der Waals surface area (Å²) in [6, 6.07) is 5.79. The van der Waals surface area contributed by atoms with Crippen molar-refractivity contribution in [3.63, 3.8) is 0 Å². The summed E-state index contributed by atoms with van der Waals surface area (Å²) in [7, 11) is 3.43. The van der Waals surface area contributed by atoms with Gasteiger partial charge < -0.3 is 25.0 Å². The van der Waals surface area contributed by atoms with Crippen LogP contribution in [-0.2, 0) is 0 Å². The standard InChI is InChI=1S/C19H32N4O2/c1-5-25-17-7-6-16(14-18(17)24-4)22-19(20-3)21-10-13-23-11-8-15(2)9-12-23/h6-7,14-15H,5,8-13H2,1-4H3,(H2,20,21,22). The van der Waals surface area contributed by atoms with Gasteiger partial charge in [0.25, 0.3) is 0 Å². The highest BCUT2D eigenvalue weighted by Crippen LogP contribution is 2.30. The summed E-state index contributed by atoms with van der Waals surface area (Å²) in [5.41, 5.74) is 0.917. The molecule has 1 aromatic carbocycles. The first kappa shape index (κ1) is 19.4. The Morgan fingerprint density at radius 3 is 2.68 bits per heavy atom. The number of ether oxygens (including phenoxy) is 2. The van der Waals surface area contributed by atoms with E-state index in [1.165, 1.54) is 25.9 Å². The smallest absolute Gasteiger partial charge is 0.195 e. The minimum Gasteiger partial charge on any atom is -0.493 e. The molecule has 1 aromatic rings. The molecule has 1 saturated heterocycles. The van der Waals surface area contributed by atoms with Crippen molar-refractivity contribution in [1.82, 2.24) is 10.2 Å². The van der Waals surface area contributed by atoms with Gasteiger partial charge in [-0.05, 0) is 50.9 Å². The lowest BCUT2D eigenvalue weighted by Gasteiger charge is -2.30. The molecule has 0 amide bonds. The summed E-state index contributed by atoms with van der Waals surface area (Å²) in [5, 5.41) is 6.68. The maximum absolute atomic E-state index is 5.55. The van der Waals surface area contributed by atoms with Crippen molar-refractivity contribution in [2.75, 3.05) is 52.3 Å². The van der Waals surface area contributed by atoms with Gasteiger partial charge >= 0.3 is 0 Å². The van der Waals surface area contributed by atoms with E-state index in [1.54, 1.807) is 14.2 Å². The summed E-state index contributed by atoms with van der Waals surface area (Å²) >= 11 is 0. The molecule has 1 aliphatic rings. The van der Waals surface area contributed by atoms with Gasteiger partial charge in [-0.3, -0.25) is 4.99 Å². The molecule has 0 radical (unpaired) electrons. The van der Waals surface area contributed by atoms with Crippen molar-refractivity contribution in [3.8, 4) is 11.5 Å². The van der Waals surface area contributed by atoms with Crippen molar-refractivity contribution in [3.05, 3.63) is 18.2 Å². The van der Waals surface area contributed by atoms with Gasteiger partial charge in [0, 0.05) is 31.9 Å². The van der Waals surface area contributed by atoms with Gasteiger partial charge in [-0.1, -0.05) is 6.92 Å². The van der Waals surface area contributed by atoms with Crippen LogP contribution in [-0.4, -0.2) is 57.8 Å². The molecule has 1 fully saturated rings. The highest BCUT2D eigenvalue weighted by atomic mass is 16.5. The summed E-state index contributed by atoms with van der Waals surface area (Å²) in [5.74, 6) is 3.09. The zero-order chi connectivity index (χ0) is 18.1. The van der Waals surface area contributed by atoms with E-state index < -0.39 is 0 Å². The highest BCUT2D eigenvalue weighted by Gasteiger charge is 2.15. The first-order chi connectivity index (χ1) is 12.2. The number of rotatable bonds is 7. The minimum absolute atomic E-state index is 0.613. The number of piperidine rings is 1. The molecule has 1 aliphatic heterocycles. The van der Waals surface area contributed by atoms with Crippen LogP contribution in [0.1, 0.15) is 26.7 Å². The molecule has 0 atom stereocenters. The molecule has 6 heteroatoms. The zero-order valence-corrected chi connectivity index (χ0v) is 16.0. The minimum atomic E-state index is 0.613. The van der Waals surface area contributed by atoms with E-state index >= 15 is 0 Å². The molecule has 0 aliphatic carbocycles. The number of hydrogen-bond donors (Lipinski definition) is 2. The number of aliphatic imine (C=N–C) groups is 1. The maximum Gasteiger partial charge on any atom is 0.195 e. The Kier molecular flexibility index (Phi) is 7.85. The fraction of sp³-hybridized carbons (Fsp3) is 0.632. The predicted molar refractivity (Wildman–Crippen MR) is 104 cm³/mol. The number of nitrogens with zero attached hydrogens (tertiary/aromatic N) is 2. The van der Waals surface area contributed by atoms with E-state index in [4.69, 9.17) is 9.47 Å². The third kappa shape index (κ3) is 6.12. The molecular formula is C19H32N4O2. The molecule has 0 bridgehead atoms. The second kappa shape index (κ2) is 10.1. The van der Waals surface area contributed by atoms with Crippen LogP contribution in [0.2, 0.25) is 0 Å². The number of guanidine groups is 1. The number of nitrogens with one attached hydrogen (secondary N) is 2. The Morgan fingerprint density at radius 2 is 2.04 bits per heavy atom. The summed E-state index contributed by atoms with van der Waals surface area (Å²) < 4.78 is 10.9. The molecule has 0 spiro atoms. The van der Waals surface area contributed by atoms with E-state index in [-0.39, 0.29) is 0 Å². The molecule has 1 heterocycles. The van der Waals surface area contributed by atoms with E-state index in [0.717, 1.165) is 36.4 Å². The van der Waals surface area contributed by atoms with Crippen LogP contribution in [0.5, 0.6) is 11.5 Å².